The van der Waals surface area contributed by atoms with Crippen molar-refractivity contribution < 1.29 is 29.4 Å². The molecule has 0 aliphatic heterocycles. The van der Waals surface area contributed by atoms with Gasteiger partial charge in [-0.1, -0.05) is 13.8 Å². The van der Waals surface area contributed by atoms with Gasteiger partial charge in [0, 0.05) is 0 Å². The molecule has 0 heterocycles. The molecule has 0 aromatic carbocycles. The first-order valence-corrected chi connectivity index (χ1v) is 9.73. The number of carbonyl (C=O) groups excluding carboxylic acids is 3. The number of nitrogens with two attached hydrogens (primary N) is 2. The average molecular weight is 418 g/mol. The predicted octanol–water partition coefficient (Wildman–Crippen LogP) is -1.96. The molecule has 29 heavy (non-hydrogen) atoms. The van der Waals surface area contributed by atoms with Crippen LogP contribution in [0, 0.1) is 5.92 Å². The first kappa shape index (κ1) is 26.8. The molecule has 0 aliphatic carbocycles. The summed E-state index contributed by atoms with van der Waals surface area (Å²) in [4.78, 5) is 47.9. The van der Waals surface area contributed by atoms with E-state index in [1.165, 1.54) is 6.92 Å². The normalized spacial score (nSPS) is 15.1. The van der Waals surface area contributed by atoms with E-state index < -0.39 is 54.5 Å². The van der Waals surface area contributed by atoms with Gasteiger partial charge in [-0.05, 0) is 45.1 Å². The molecule has 11 nitrogen and oxygen atoms in total. The molecule has 0 spiro atoms. The highest BCUT2D eigenvalue weighted by Crippen LogP contribution is 2.08. The summed E-state index contributed by atoms with van der Waals surface area (Å²) in [5, 5.41) is 25.5. The van der Waals surface area contributed by atoms with Gasteiger partial charge in [0.05, 0.1) is 6.10 Å². The van der Waals surface area contributed by atoms with Crippen LogP contribution >= 0.6 is 0 Å². The minimum atomic E-state index is -1.20. The van der Waals surface area contributed by atoms with Crippen molar-refractivity contribution in [1.29, 1.82) is 0 Å². The second kappa shape index (κ2) is 13.9. The minimum absolute atomic E-state index is 0.0461. The Hall–Kier alpha value is -2.24. The number of carboxylic acid groups (broad SMARTS) is 1. The number of aliphatic carboxylic acids is 1. The van der Waals surface area contributed by atoms with E-state index in [1.54, 1.807) is 0 Å². The molecule has 0 aliphatic rings. The van der Waals surface area contributed by atoms with Crippen LogP contribution in [-0.4, -0.2) is 71.2 Å². The molecule has 0 bridgehead atoms. The second-order valence-corrected chi connectivity index (χ2v) is 7.41. The summed E-state index contributed by atoms with van der Waals surface area (Å²) in [5.41, 5.74) is 11.1. The molecule has 4 atom stereocenters. The molecule has 0 fully saturated rings. The van der Waals surface area contributed by atoms with Crippen LogP contribution in [0.15, 0.2) is 0 Å². The molecule has 0 aromatic rings. The van der Waals surface area contributed by atoms with E-state index in [-0.39, 0.29) is 18.8 Å². The number of hydrogen-bond acceptors (Lipinski definition) is 7. The molecular weight excluding hydrogens is 382 g/mol. The van der Waals surface area contributed by atoms with Crippen molar-refractivity contribution in [2.45, 2.75) is 70.7 Å². The highest BCUT2D eigenvalue weighted by atomic mass is 16.4. The number of amides is 3. The van der Waals surface area contributed by atoms with Crippen molar-refractivity contribution in [2.75, 3.05) is 13.1 Å². The lowest BCUT2D eigenvalue weighted by molar-refractivity contribution is -0.138. The van der Waals surface area contributed by atoms with Crippen LogP contribution in [0.2, 0.25) is 0 Å². The zero-order valence-corrected chi connectivity index (χ0v) is 17.3. The Morgan fingerprint density at radius 2 is 1.52 bits per heavy atom. The van der Waals surface area contributed by atoms with Gasteiger partial charge in [-0.15, -0.1) is 0 Å². The SMILES string of the molecule is CC(C)CC(NC(=O)C(CCCCN)NC(=O)C(N)C(C)O)C(=O)NCC(=O)O. The van der Waals surface area contributed by atoms with Crippen molar-refractivity contribution >= 4 is 23.7 Å². The molecule has 0 saturated carbocycles. The van der Waals surface area contributed by atoms with Crippen molar-refractivity contribution in [3.05, 3.63) is 0 Å². The maximum Gasteiger partial charge on any atom is 0.322 e. The minimum Gasteiger partial charge on any atom is -0.480 e. The van der Waals surface area contributed by atoms with Crippen LogP contribution in [0.3, 0.4) is 0 Å². The van der Waals surface area contributed by atoms with E-state index in [0.717, 1.165) is 0 Å². The smallest absolute Gasteiger partial charge is 0.322 e. The largest absolute Gasteiger partial charge is 0.480 e. The van der Waals surface area contributed by atoms with Crippen LogP contribution in [0.4, 0.5) is 0 Å². The lowest BCUT2D eigenvalue weighted by atomic mass is 10.0. The van der Waals surface area contributed by atoms with Gasteiger partial charge in [0.2, 0.25) is 17.7 Å². The maximum atomic E-state index is 12.7. The number of aliphatic hydroxyl groups is 1. The zero-order chi connectivity index (χ0) is 22.6. The first-order chi connectivity index (χ1) is 13.5. The zero-order valence-electron chi connectivity index (χ0n) is 17.3. The highest BCUT2D eigenvalue weighted by molar-refractivity contribution is 5.93. The maximum absolute atomic E-state index is 12.7. The Morgan fingerprint density at radius 3 is 2.00 bits per heavy atom. The number of carboxylic acids is 1. The van der Waals surface area contributed by atoms with E-state index in [1.807, 2.05) is 13.8 Å². The van der Waals surface area contributed by atoms with Crippen LogP contribution in [0.25, 0.3) is 0 Å². The van der Waals surface area contributed by atoms with Crippen molar-refractivity contribution in [3.8, 4) is 0 Å². The Kier molecular flexibility index (Phi) is 12.8. The number of hydrogen-bond donors (Lipinski definition) is 7. The molecule has 9 N–H and O–H groups in total. The van der Waals surface area contributed by atoms with E-state index >= 15 is 0 Å². The molecule has 168 valence electrons. The quantitative estimate of drug-likeness (QED) is 0.158. The molecule has 3 amide bonds. The number of carbonyl (C=O) groups is 4. The van der Waals surface area contributed by atoms with Gasteiger partial charge < -0.3 is 37.6 Å². The fraction of sp³-hybridized carbons (Fsp3) is 0.778. The van der Waals surface area contributed by atoms with Gasteiger partial charge in [0.15, 0.2) is 0 Å². The van der Waals surface area contributed by atoms with Crippen LogP contribution in [0.1, 0.15) is 46.5 Å². The molecule has 11 heteroatoms. The molecule has 0 rings (SSSR count). The summed E-state index contributed by atoms with van der Waals surface area (Å²) in [7, 11) is 0. The van der Waals surface area contributed by atoms with Gasteiger partial charge in [-0.25, -0.2) is 0 Å². The third-order valence-electron chi connectivity index (χ3n) is 4.16. The summed E-state index contributed by atoms with van der Waals surface area (Å²) in [5.74, 6) is -3.06. The molecular formula is C18H35N5O6. The van der Waals surface area contributed by atoms with E-state index in [2.05, 4.69) is 16.0 Å². The third kappa shape index (κ3) is 11.4. The third-order valence-corrected chi connectivity index (χ3v) is 4.16. The van der Waals surface area contributed by atoms with Gasteiger partial charge in [0.1, 0.15) is 24.7 Å². The van der Waals surface area contributed by atoms with Gasteiger partial charge >= 0.3 is 5.97 Å². The van der Waals surface area contributed by atoms with Crippen LogP contribution in [-0.2, 0) is 19.2 Å². The van der Waals surface area contributed by atoms with Crippen LogP contribution < -0.4 is 27.4 Å². The number of rotatable bonds is 14. The fourth-order valence-electron chi connectivity index (χ4n) is 2.51. The molecule has 0 saturated heterocycles. The summed E-state index contributed by atoms with van der Waals surface area (Å²) in [6.07, 6.45) is 0.647. The summed E-state index contributed by atoms with van der Waals surface area (Å²) >= 11 is 0. The number of unbranched alkanes of at least 4 members (excludes halogenated alkanes) is 1. The molecule has 0 radical (unpaired) electrons. The topological polar surface area (TPSA) is 197 Å². The average Bonchev–Trinajstić information content (AvgIpc) is 2.63. The van der Waals surface area contributed by atoms with Gasteiger partial charge in [0.25, 0.3) is 0 Å². The number of aliphatic hydroxyl groups excluding tert-OH is 1. The van der Waals surface area contributed by atoms with E-state index in [4.69, 9.17) is 16.6 Å². The van der Waals surface area contributed by atoms with Gasteiger partial charge in [-0.2, -0.15) is 0 Å². The lowest BCUT2D eigenvalue weighted by Gasteiger charge is -2.25. The Morgan fingerprint density at radius 1 is 0.931 bits per heavy atom. The second-order valence-electron chi connectivity index (χ2n) is 7.41. The van der Waals surface area contributed by atoms with Gasteiger partial charge in [-0.3, -0.25) is 19.2 Å². The standard InChI is InChI=1S/C18H35N5O6/c1-10(2)8-13(16(27)21-9-14(25)26)23-17(28)12(6-4-5-7-19)22-18(29)15(20)11(3)24/h10-13,15,24H,4-9,19-20H2,1-3H3,(H,21,27)(H,22,29)(H,23,28)(H,25,26). The first-order valence-electron chi connectivity index (χ1n) is 9.73. The van der Waals surface area contributed by atoms with Crippen molar-refractivity contribution in [2.24, 2.45) is 17.4 Å². The monoisotopic (exact) mass is 417 g/mol. The Bertz CT molecular complexity index is 555. The van der Waals surface area contributed by atoms with Crippen LogP contribution in [0.5, 0.6) is 0 Å². The Balaban J connectivity index is 5.23. The fourth-order valence-corrected chi connectivity index (χ4v) is 2.51. The highest BCUT2D eigenvalue weighted by Gasteiger charge is 2.29. The molecule has 0 aromatic heterocycles. The summed E-state index contributed by atoms with van der Waals surface area (Å²) < 4.78 is 0. The molecule has 4 unspecified atom stereocenters. The lowest BCUT2D eigenvalue weighted by Crippen LogP contribution is -2.57. The van der Waals surface area contributed by atoms with E-state index in [0.29, 0.717) is 19.4 Å². The summed E-state index contributed by atoms with van der Waals surface area (Å²) in [6.45, 7) is 4.92. The Labute approximate surface area is 171 Å². The summed E-state index contributed by atoms with van der Waals surface area (Å²) in [6, 6.07) is -3.13. The predicted molar refractivity (Wildman–Crippen MR) is 107 cm³/mol. The van der Waals surface area contributed by atoms with Crippen molar-refractivity contribution in [3.63, 3.8) is 0 Å². The van der Waals surface area contributed by atoms with E-state index in [9.17, 15) is 24.3 Å². The van der Waals surface area contributed by atoms with Crippen molar-refractivity contribution in [1.82, 2.24) is 16.0 Å². The number of nitrogens with one attached hydrogen (secondary N) is 3.